The number of halogens is 1. The van der Waals surface area contributed by atoms with E-state index in [2.05, 4.69) is 9.97 Å². The number of anilines is 2. The first-order chi connectivity index (χ1) is 10.5. The first-order valence-corrected chi connectivity index (χ1v) is 7.53. The van der Waals surface area contributed by atoms with E-state index in [1.807, 2.05) is 0 Å². The third-order valence-electron chi connectivity index (χ3n) is 3.35. The fraction of sp³-hybridized carbons (Fsp3) is 0.286. The zero-order valence-electron chi connectivity index (χ0n) is 11.7. The predicted molar refractivity (Wildman–Crippen MR) is 82.9 cm³/mol. The largest absolute Gasteiger partial charge is 0.383 e. The fourth-order valence-electron chi connectivity index (χ4n) is 2.46. The summed E-state index contributed by atoms with van der Waals surface area (Å²) in [6, 6.07) is 4.42. The molecule has 2 N–H and O–H groups in total. The normalized spacial score (nSPS) is 18.2. The van der Waals surface area contributed by atoms with Crippen LogP contribution in [0.1, 0.15) is 13.3 Å². The van der Waals surface area contributed by atoms with Crippen molar-refractivity contribution >= 4 is 45.5 Å². The van der Waals surface area contributed by atoms with E-state index in [-0.39, 0.29) is 39.8 Å². The maximum Gasteiger partial charge on any atom is 0.234 e. The molecule has 0 bridgehead atoms. The summed E-state index contributed by atoms with van der Waals surface area (Å²) < 4.78 is 13.8. The van der Waals surface area contributed by atoms with Gasteiger partial charge in [0.1, 0.15) is 11.6 Å². The Morgan fingerprint density at radius 2 is 2.23 bits per heavy atom. The van der Waals surface area contributed by atoms with E-state index < -0.39 is 5.82 Å². The smallest absolute Gasteiger partial charge is 0.234 e. The maximum absolute atomic E-state index is 13.8. The molecule has 1 amide bonds. The number of hydrogen-bond acceptors (Lipinski definition) is 6. The third kappa shape index (κ3) is 2.61. The molecule has 1 fully saturated rings. The highest BCUT2D eigenvalue weighted by molar-refractivity contribution is 8.14. The van der Waals surface area contributed by atoms with E-state index in [4.69, 9.17) is 5.73 Å². The van der Waals surface area contributed by atoms with Gasteiger partial charge in [-0.1, -0.05) is 17.8 Å². The number of carbonyl (C=O) groups excluding carboxylic acids is 2. The van der Waals surface area contributed by atoms with Crippen LogP contribution in [0.4, 0.5) is 16.2 Å². The second-order valence-electron chi connectivity index (χ2n) is 4.98. The molecule has 0 radical (unpaired) electrons. The van der Waals surface area contributed by atoms with Crippen molar-refractivity contribution in [3.05, 3.63) is 24.0 Å². The summed E-state index contributed by atoms with van der Waals surface area (Å²) in [5.74, 6) is -0.533. The molecule has 6 nitrogen and oxygen atoms in total. The van der Waals surface area contributed by atoms with Crippen molar-refractivity contribution in [2.24, 2.45) is 0 Å². The van der Waals surface area contributed by atoms with Crippen molar-refractivity contribution in [1.29, 1.82) is 0 Å². The predicted octanol–water partition coefficient (Wildman–Crippen LogP) is 1.74. The number of nitrogens with zero attached hydrogens (tertiary/aromatic N) is 3. The van der Waals surface area contributed by atoms with Crippen LogP contribution in [0, 0.1) is 5.82 Å². The minimum absolute atomic E-state index is 0.00595. The van der Waals surface area contributed by atoms with Gasteiger partial charge in [-0.25, -0.2) is 9.37 Å². The van der Waals surface area contributed by atoms with E-state index in [1.165, 1.54) is 24.0 Å². The second-order valence-corrected chi connectivity index (χ2v) is 6.46. The number of nitrogen functional groups attached to an aromatic ring is 1. The number of thioether (sulfide) groups is 1. The van der Waals surface area contributed by atoms with Gasteiger partial charge in [0.2, 0.25) is 11.9 Å². The molecule has 1 aromatic carbocycles. The minimum Gasteiger partial charge on any atom is -0.383 e. The third-order valence-corrected chi connectivity index (χ3v) is 4.33. The molecule has 1 aliphatic rings. The Labute approximate surface area is 129 Å². The molecule has 0 aliphatic carbocycles. The highest BCUT2D eigenvalue weighted by Gasteiger charge is 2.33. The lowest BCUT2D eigenvalue weighted by Crippen LogP contribution is -2.27. The number of amides is 1. The van der Waals surface area contributed by atoms with Crippen molar-refractivity contribution < 1.29 is 14.0 Å². The fourth-order valence-corrected chi connectivity index (χ4v) is 3.38. The van der Waals surface area contributed by atoms with Crippen LogP contribution in [0.2, 0.25) is 0 Å². The Bertz CT molecular complexity index is 783. The Morgan fingerprint density at radius 1 is 1.45 bits per heavy atom. The van der Waals surface area contributed by atoms with Crippen LogP contribution in [-0.2, 0) is 9.59 Å². The zero-order chi connectivity index (χ0) is 15.9. The summed E-state index contributed by atoms with van der Waals surface area (Å²) in [7, 11) is 0. The van der Waals surface area contributed by atoms with E-state index >= 15 is 0 Å². The molecular formula is C14H13FN4O2S. The molecule has 8 heteroatoms. The average molecular weight is 320 g/mol. The van der Waals surface area contributed by atoms with E-state index in [9.17, 15) is 14.0 Å². The van der Waals surface area contributed by atoms with Crippen molar-refractivity contribution in [2.45, 2.75) is 18.6 Å². The Kier molecular flexibility index (Phi) is 3.69. The van der Waals surface area contributed by atoms with E-state index in [1.54, 1.807) is 6.07 Å². The Hall–Kier alpha value is -2.22. The Balaban J connectivity index is 1.97. The lowest BCUT2D eigenvalue weighted by Gasteiger charge is -2.15. The first kappa shape index (κ1) is 14.7. The highest BCUT2D eigenvalue weighted by atomic mass is 32.2. The highest BCUT2D eigenvalue weighted by Crippen LogP contribution is 2.29. The lowest BCUT2D eigenvalue weighted by molar-refractivity contribution is -0.117. The molecule has 0 saturated carbocycles. The lowest BCUT2D eigenvalue weighted by atomic mass is 10.2. The SMILES string of the molecule is CC(=O)SC1CC(=O)N(c2nc(N)c3c(F)cccc3n2)C1. The van der Waals surface area contributed by atoms with Gasteiger partial charge in [-0.15, -0.1) is 0 Å². The van der Waals surface area contributed by atoms with Crippen LogP contribution in [0.5, 0.6) is 0 Å². The molecule has 2 aromatic rings. The summed E-state index contributed by atoms with van der Waals surface area (Å²) in [4.78, 5) is 32.9. The van der Waals surface area contributed by atoms with Crippen molar-refractivity contribution in [1.82, 2.24) is 9.97 Å². The van der Waals surface area contributed by atoms with Gasteiger partial charge < -0.3 is 5.73 Å². The van der Waals surface area contributed by atoms with Crippen molar-refractivity contribution in [2.75, 3.05) is 17.2 Å². The number of aromatic nitrogens is 2. The molecule has 0 spiro atoms. The number of benzene rings is 1. The van der Waals surface area contributed by atoms with Gasteiger partial charge in [0, 0.05) is 25.1 Å². The molecule has 1 aromatic heterocycles. The van der Waals surface area contributed by atoms with Crippen LogP contribution in [-0.4, -0.2) is 32.8 Å². The van der Waals surface area contributed by atoms with Gasteiger partial charge in [-0.3, -0.25) is 14.5 Å². The molecule has 1 unspecified atom stereocenters. The van der Waals surface area contributed by atoms with Gasteiger partial charge in [0.25, 0.3) is 0 Å². The van der Waals surface area contributed by atoms with E-state index in [0.29, 0.717) is 12.1 Å². The van der Waals surface area contributed by atoms with Gasteiger partial charge >= 0.3 is 0 Å². The molecule has 1 atom stereocenters. The summed E-state index contributed by atoms with van der Waals surface area (Å²) >= 11 is 1.13. The quantitative estimate of drug-likeness (QED) is 0.906. The molecule has 1 saturated heterocycles. The van der Waals surface area contributed by atoms with Crippen LogP contribution in [0.15, 0.2) is 18.2 Å². The van der Waals surface area contributed by atoms with Gasteiger partial charge in [-0.2, -0.15) is 4.98 Å². The first-order valence-electron chi connectivity index (χ1n) is 6.65. The van der Waals surface area contributed by atoms with E-state index in [0.717, 1.165) is 11.8 Å². The number of nitrogens with two attached hydrogens (primary N) is 1. The van der Waals surface area contributed by atoms with Gasteiger partial charge in [0.15, 0.2) is 5.12 Å². The molecule has 3 rings (SSSR count). The monoisotopic (exact) mass is 320 g/mol. The van der Waals surface area contributed by atoms with Gasteiger partial charge in [-0.05, 0) is 12.1 Å². The topological polar surface area (TPSA) is 89.2 Å². The van der Waals surface area contributed by atoms with Crippen LogP contribution in [0.3, 0.4) is 0 Å². The van der Waals surface area contributed by atoms with Crippen LogP contribution >= 0.6 is 11.8 Å². The molecule has 2 heterocycles. The second kappa shape index (κ2) is 5.53. The Morgan fingerprint density at radius 3 is 2.95 bits per heavy atom. The van der Waals surface area contributed by atoms with Crippen molar-refractivity contribution in [3.63, 3.8) is 0 Å². The van der Waals surface area contributed by atoms with Crippen molar-refractivity contribution in [3.8, 4) is 0 Å². The summed E-state index contributed by atoms with van der Waals surface area (Å²) in [6.07, 6.45) is 0.245. The minimum atomic E-state index is -0.501. The number of hydrogen-bond donors (Lipinski definition) is 1. The molecule has 114 valence electrons. The molecule has 22 heavy (non-hydrogen) atoms. The molecule has 1 aliphatic heterocycles. The average Bonchev–Trinajstić information content (AvgIpc) is 2.78. The van der Waals surface area contributed by atoms with Crippen LogP contribution < -0.4 is 10.6 Å². The zero-order valence-corrected chi connectivity index (χ0v) is 12.6. The number of fused-ring (bicyclic) bond motifs is 1. The van der Waals surface area contributed by atoms with Crippen LogP contribution in [0.25, 0.3) is 10.9 Å². The number of carbonyl (C=O) groups is 2. The summed E-state index contributed by atoms with van der Waals surface area (Å²) in [6.45, 7) is 1.80. The number of rotatable bonds is 2. The maximum atomic E-state index is 13.8. The summed E-state index contributed by atoms with van der Waals surface area (Å²) in [5, 5.41) is -0.0220. The standard InChI is InChI=1S/C14H13FN4O2S/c1-7(20)22-8-5-11(21)19(6-8)14-17-10-4-2-3-9(15)12(10)13(16)18-14/h2-4,8H,5-6H2,1H3,(H2,16,17,18). The van der Waals surface area contributed by atoms with Gasteiger partial charge in [0.05, 0.1) is 10.9 Å². The summed E-state index contributed by atoms with van der Waals surface area (Å²) in [5.41, 5.74) is 6.14. The molecular weight excluding hydrogens is 307 g/mol.